The van der Waals surface area contributed by atoms with Gasteiger partial charge in [0.25, 0.3) is 0 Å². The number of aliphatic hydroxyl groups excluding tert-OH is 1. The number of aliphatic imine (C=N–C) groups is 1. The lowest BCUT2D eigenvalue weighted by molar-refractivity contribution is 0.216. The van der Waals surface area contributed by atoms with Crippen molar-refractivity contribution in [1.29, 1.82) is 0 Å². The van der Waals surface area contributed by atoms with Gasteiger partial charge < -0.3 is 15.7 Å². The summed E-state index contributed by atoms with van der Waals surface area (Å²) in [5.74, 6) is 1.12. The Morgan fingerprint density at radius 1 is 1.35 bits per heavy atom. The largest absolute Gasteiger partial charge is 0.396 e. The predicted molar refractivity (Wildman–Crippen MR) is 96.8 cm³/mol. The number of guanidine groups is 1. The molecule has 0 aromatic carbocycles. The molecule has 0 radical (unpaired) electrons. The molecular weight excluding hydrogens is 365 g/mol. The molecule has 0 amide bonds. The smallest absolute Gasteiger partial charge is 0.191 e. The van der Waals surface area contributed by atoms with Crippen molar-refractivity contribution in [3.05, 3.63) is 0 Å². The Bertz CT molecular complexity index is 285. The Balaban J connectivity index is 0.00000361. The van der Waals surface area contributed by atoms with Crippen LogP contribution in [0.15, 0.2) is 4.99 Å². The molecule has 120 valence electrons. The molecule has 1 unspecified atom stereocenters. The maximum absolute atomic E-state index is 9.05. The lowest BCUT2D eigenvalue weighted by Gasteiger charge is -2.35. The Labute approximate surface area is 141 Å². The summed E-state index contributed by atoms with van der Waals surface area (Å²) in [5.41, 5.74) is 0.499. The molecule has 1 atom stereocenters. The lowest BCUT2D eigenvalue weighted by Crippen LogP contribution is -2.45. The van der Waals surface area contributed by atoms with Crippen LogP contribution in [0.4, 0.5) is 0 Å². The van der Waals surface area contributed by atoms with E-state index >= 15 is 0 Å². The summed E-state index contributed by atoms with van der Waals surface area (Å²) in [6, 6.07) is 0.537. The highest BCUT2D eigenvalue weighted by molar-refractivity contribution is 14.0. The van der Waals surface area contributed by atoms with Gasteiger partial charge in [-0.1, -0.05) is 20.8 Å². The summed E-state index contributed by atoms with van der Waals surface area (Å²) in [5, 5.41) is 15.9. The molecule has 0 spiro atoms. The maximum Gasteiger partial charge on any atom is 0.191 e. The monoisotopic (exact) mass is 397 g/mol. The molecule has 3 N–H and O–H groups in total. The van der Waals surface area contributed by atoms with E-state index in [9.17, 15) is 0 Å². The molecule has 0 bridgehead atoms. The topological polar surface area (TPSA) is 56.7 Å². The van der Waals surface area contributed by atoms with Gasteiger partial charge in [0, 0.05) is 25.7 Å². The molecule has 1 saturated carbocycles. The second kappa shape index (κ2) is 9.82. The molecular formula is C15H32IN3O. The summed E-state index contributed by atoms with van der Waals surface area (Å²) >= 11 is 0. The average Bonchev–Trinajstić information content (AvgIpc) is 2.38. The third kappa shape index (κ3) is 7.67. The number of rotatable bonds is 5. The summed E-state index contributed by atoms with van der Waals surface area (Å²) in [7, 11) is 0. The fraction of sp³-hybridized carbons (Fsp3) is 0.933. The summed E-state index contributed by atoms with van der Waals surface area (Å²) < 4.78 is 0. The molecule has 1 aliphatic rings. The number of nitrogens with zero attached hydrogens (tertiary/aromatic N) is 1. The van der Waals surface area contributed by atoms with E-state index in [1.54, 1.807) is 0 Å². The number of hydrogen-bond acceptors (Lipinski definition) is 2. The second-order valence-electron chi connectivity index (χ2n) is 6.59. The first-order valence-corrected chi connectivity index (χ1v) is 7.62. The highest BCUT2D eigenvalue weighted by atomic mass is 127. The third-order valence-electron chi connectivity index (χ3n) is 3.90. The van der Waals surface area contributed by atoms with Crippen LogP contribution < -0.4 is 10.6 Å². The molecule has 0 aliphatic heterocycles. The van der Waals surface area contributed by atoms with Gasteiger partial charge in [0.15, 0.2) is 5.96 Å². The predicted octanol–water partition coefficient (Wildman–Crippen LogP) is 2.76. The molecule has 0 aromatic rings. The van der Waals surface area contributed by atoms with Crippen LogP contribution in [0.1, 0.15) is 53.4 Å². The molecule has 0 saturated heterocycles. The molecule has 0 heterocycles. The van der Waals surface area contributed by atoms with Crippen molar-refractivity contribution in [3.63, 3.8) is 0 Å². The van der Waals surface area contributed by atoms with Gasteiger partial charge in [-0.25, -0.2) is 0 Å². The van der Waals surface area contributed by atoms with Crippen molar-refractivity contribution in [2.75, 3.05) is 19.7 Å². The van der Waals surface area contributed by atoms with Crippen LogP contribution in [0.2, 0.25) is 0 Å². The van der Waals surface area contributed by atoms with Gasteiger partial charge in [-0.2, -0.15) is 0 Å². The molecule has 1 fully saturated rings. The first-order valence-electron chi connectivity index (χ1n) is 7.62. The van der Waals surface area contributed by atoms with E-state index in [0.717, 1.165) is 12.5 Å². The Morgan fingerprint density at radius 3 is 2.45 bits per heavy atom. The average molecular weight is 397 g/mol. The van der Waals surface area contributed by atoms with E-state index < -0.39 is 0 Å². The van der Waals surface area contributed by atoms with Crippen molar-refractivity contribution < 1.29 is 5.11 Å². The number of hydrogen-bond donors (Lipinski definition) is 3. The zero-order valence-electron chi connectivity index (χ0n) is 13.4. The number of halogens is 1. The van der Waals surface area contributed by atoms with Crippen LogP contribution >= 0.6 is 24.0 Å². The molecule has 20 heavy (non-hydrogen) atoms. The van der Waals surface area contributed by atoms with Gasteiger partial charge in [-0.15, -0.1) is 24.0 Å². The summed E-state index contributed by atoms with van der Waals surface area (Å²) in [4.78, 5) is 4.55. The lowest BCUT2D eigenvalue weighted by atomic mass is 9.75. The molecule has 1 rings (SSSR count). The van der Waals surface area contributed by atoms with Gasteiger partial charge in [-0.05, 0) is 43.9 Å². The van der Waals surface area contributed by atoms with Crippen LogP contribution in [-0.4, -0.2) is 36.8 Å². The van der Waals surface area contributed by atoms with Crippen LogP contribution in [0.25, 0.3) is 0 Å². The van der Waals surface area contributed by atoms with Crippen molar-refractivity contribution in [3.8, 4) is 0 Å². The fourth-order valence-corrected chi connectivity index (χ4v) is 2.36. The minimum Gasteiger partial charge on any atom is -0.396 e. The highest BCUT2D eigenvalue weighted by Gasteiger charge is 2.27. The van der Waals surface area contributed by atoms with E-state index in [-0.39, 0.29) is 36.5 Å². The van der Waals surface area contributed by atoms with Crippen molar-refractivity contribution >= 4 is 29.9 Å². The molecule has 0 aromatic heterocycles. The first kappa shape index (κ1) is 20.0. The SMILES string of the molecule is CCNC(=NCC(C)CO)NC1CCC(C)(C)CC1.I. The van der Waals surface area contributed by atoms with Gasteiger partial charge in [0.1, 0.15) is 0 Å². The Kier molecular flexibility index (Phi) is 9.80. The zero-order chi connectivity index (χ0) is 14.3. The van der Waals surface area contributed by atoms with E-state index in [0.29, 0.717) is 18.0 Å². The molecule has 4 nitrogen and oxygen atoms in total. The quantitative estimate of drug-likeness (QED) is 0.380. The summed E-state index contributed by atoms with van der Waals surface area (Å²) in [6.45, 7) is 10.5. The molecule has 1 aliphatic carbocycles. The number of aliphatic hydroxyl groups is 1. The standard InChI is InChI=1S/C15H31N3O.HI/c1-5-16-14(17-10-12(2)11-19)18-13-6-8-15(3,4)9-7-13;/h12-13,19H,5-11H2,1-4H3,(H2,16,17,18);1H. The van der Waals surface area contributed by atoms with Crippen LogP contribution in [0.5, 0.6) is 0 Å². The highest BCUT2D eigenvalue weighted by Crippen LogP contribution is 2.34. The van der Waals surface area contributed by atoms with Gasteiger partial charge in [-0.3, -0.25) is 4.99 Å². The van der Waals surface area contributed by atoms with Gasteiger partial charge in [0.2, 0.25) is 0 Å². The van der Waals surface area contributed by atoms with E-state index in [2.05, 4.69) is 36.4 Å². The first-order chi connectivity index (χ1) is 8.96. The van der Waals surface area contributed by atoms with E-state index in [4.69, 9.17) is 5.11 Å². The van der Waals surface area contributed by atoms with E-state index in [1.165, 1.54) is 25.7 Å². The minimum absolute atomic E-state index is 0. The van der Waals surface area contributed by atoms with Gasteiger partial charge in [0.05, 0.1) is 0 Å². The van der Waals surface area contributed by atoms with Crippen molar-refractivity contribution in [2.45, 2.75) is 59.4 Å². The zero-order valence-corrected chi connectivity index (χ0v) is 15.7. The van der Waals surface area contributed by atoms with Gasteiger partial charge >= 0.3 is 0 Å². The third-order valence-corrected chi connectivity index (χ3v) is 3.90. The Hall–Kier alpha value is -0.0400. The van der Waals surface area contributed by atoms with Crippen LogP contribution in [-0.2, 0) is 0 Å². The Morgan fingerprint density at radius 2 is 1.95 bits per heavy atom. The van der Waals surface area contributed by atoms with E-state index in [1.807, 2.05) is 6.92 Å². The minimum atomic E-state index is 0. The van der Waals surface area contributed by atoms with Crippen molar-refractivity contribution in [1.82, 2.24) is 10.6 Å². The second-order valence-corrected chi connectivity index (χ2v) is 6.59. The van der Waals surface area contributed by atoms with Crippen LogP contribution in [0, 0.1) is 11.3 Å². The van der Waals surface area contributed by atoms with Crippen LogP contribution in [0.3, 0.4) is 0 Å². The summed E-state index contributed by atoms with van der Waals surface area (Å²) in [6.07, 6.45) is 4.98. The number of nitrogens with one attached hydrogen (secondary N) is 2. The maximum atomic E-state index is 9.05. The fourth-order valence-electron chi connectivity index (χ4n) is 2.36. The molecule has 5 heteroatoms. The van der Waals surface area contributed by atoms with Crippen molar-refractivity contribution in [2.24, 2.45) is 16.3 Å². The normalized spacial score (nSPS) is 20.9.